The van der Waals surface area contributed by atoms with Gasteiger partial charge in [0.25, 0.3) is 0 Å². The van der Waals surface area contributed by atoms with Crippen LogP contribution < -0.4 is 0 Å². The third-order valence-electron chi connectivity index (χ3n) is 1.15. The summed E-state index contributed by atoms with van der Waals surface area (Å²) in [5, 5.41) is 0.796. The summed E-state index contributed by atoms with van der Waals surface area (Å²) in [7, 11) is 0. The van der Waals surface area contributed by atoms with Gasteiger partial charge in [-0.2, -0.15) is 4.39 Å². The zero-order valence-corrected chi connectivity index (χ0v) is 7.38. The minimum Gasteiger partial charge on any atom is -0.228 e. The molecule has 0 aliphatic carbocycles. The quantitative estimate of drug-likeness (QED) is 0.547. The van der Waals surface area contributed by atoms with Crippen molar-refractivity contribution in [3.63, 3.8) is 0 Å². The summed E-state index contributed by atoms with van der Waals surface area (Å²) in [5.41, 5.74) is 0.908. The van der Waals surface area contributed by atoms with Crippen molar-refractivity contribution in [1.29, 1.82) is 0 Å². The Balaban J connectivity index is 2.73. The van der Waals surface area contributed by atoms with Gasteiger partial charge in [0.2, 0.25) is 5.95 Å². The van der Waals surface area contributed by atoms with E-state index in [4.69, 9.17) is 0 Å². The van der Waals surface area contributed by atoms with Crippen molar-refractivity contribution in [3.05, 3.63) is 35.9 Å². The van der Waals surface area contributed by atoms with Crippen molar-refractivity contribution in [2.75, 3.05) is 5.33 Å². The zero-order valence-electron chi connectivity index (χ0n) is 5.80. The van der Waals surface area contributed by atoms with Gasteiger partial charge in [0, 0.05) is 11.5 Å². The van der Waals surface area contributed by atoms with Gasteiger partial charge >= 0.3 is 0 Å². The van der Waals surface area contributed by atoms with E-state index in [-0.39, 0.29) is 0 Å². The van der Waals surface area contributed by atoms with Crippen LogP contribution in [0.2, 0.25) is 0 Å². The normalized spacial score (nSPS) is 10.7. The third-order valence-corrected chi connectivity index (χ3v) is 1.52. The van der Waals surface area contributed by atoms with E-state index in [1.165, 1.54) is 12.3 Å². The van der Waals surface area contributed by atoms with Crippen LogP contribution in [-0.2, 0) is 0 Å². The summed E-state index contributed by atoms with van der Waals surface area (Å²) in [6.07, 6.45) is 5.30. The Bertz CT molecular complexity index is 243. The summed E-state index contributed by atoms with van der Waals surface area (Å²) in [6.45, 7) is 0. The highest BCUT2D eigenvalue weighted by molar-refractivity contribution is 9.09. The van der Waals surface area contributed by atoms with Crippen LogP contribution in [0, 0.1) is 5.95 Å². The van der Waals surface area contributed by atoms with Gasteiger partial charge in [0.05, 0.1) is 0 Å². The fourth-order valence-electron chi connectivity index (χ4n) is 0.666. The van der Waals surface area contributed by atoms with E-state index in [9.17, 15) is 4.39 Å². The number of alkyl halides is 1. The number of nitrogens with zero attached hydrogens (tertiary/aromatic N) is 1. The molecule has 0 saturated heterocycles. The molecule has 0 amide bonds. The monoisotopic (exact) mass is 215 g/mol. The summed E-state index contributed by atoms with van der Waals surface area (Å²) < 4.78 is 12.3. The Kier molecular flexibility index (Phi) is 3.23. The lowest BCUT2D eigenvalue weighted by Gasteiger charge is -1.89. The third kappa shape index (κ3) is 2.80. The second kappa shape index (κ2) is 4.23. The predicted octanol–water partition coefficient (Wildman–Crippen LogP) is 2.63. The fraction of sp³-hybridized carbons (Fsp3) is 0.125. The molecule has 0 fully saturated rings. The topological polar surface area (TPSA) is 12.9 Å². The number of aromatic nitrogens is 1. The van der Waals surface area contributed by atoms with Crippen LogP contribution in [0.25, 0.3) is 6.08 Å². The summed E-state index contributed by atoms with van der Waals surface area (Å²) in [5.74, 6) is -0.444. The van der Waals surface area contributed by atoms with E-state index in [0.717, 1.165) is 10.9 Å². The molecule has 0 aromatic carbocycles. The van der Waals surface area contributed by atoms with Crippen LogP contribution in [0.3, 0.4) is 0 Å². The van der Waals surface area contributed by atoms with Crippen molar-refractivity contribution < 1.29 is 4.39 Å². The zero-order chi connectivity index (χ0) is 8.10. The molecule has 0 bridgehead atoms. The summed E-state index contributed by atoms with van der Waals surface area (Å²) in [6, 6.07) is 3.02. The summed E-state index contributed by atoms with van der Waals surface area (Å²) in [4.78, 5) is 3.50. The van der Waals surface area contributed by atoms with Crippen LogP contribution in [0.5, 0.6) is 0 Å². The van der Waals surface area contributed by atoms with Crippen molar-refractivity contribution in [2.24, 2.45) is 0 Å². The first-order valence-electron chi connectivity index (χ1n) is 3.17. The van der Waals surface area contributed by atoms with Gasteiger partial charge in [-0.25, -0.2) is 4.98 Å². The van der Waals surface area contributed by atoms with E-state index in [2.05, 4.69) is 20.9 Å². The van der Waals surface area contributed by atoms with Crippen LogP contribution >= 0.6 is 15.9 Å². The van der Waals surface area contributed by atoms with E-state index in [0.29, 0.717) is 0 Å². The number of hydrogen-bond donors (Lipinski definition) is 0. The summed E-state index contributed by atoms with van der Waals surface area (Å²) >= 11 is 3.24. The molecule has 0 atom stereocenters. The van der Waals surface area contributed by atoms with Crippen LogP contribution in [0.15, 0.2) is 24.4 Å². The molecule has 0 radical (unpaired) electrons. The average molecular weight is 216 g/mol. The maximum atomic E-state index is 12.3. The second-order valence-electron chi connectivity index (χ2n) is 1.97. The molecule has 1 aromatic heterocycles. The largest absolute Gasteiger partial charge is 0.228 e. The molecule has 0 unspecified atom stereocenters. The molecule has 1 heterocycles. The molecule has 1 aromatic rings. The van der Waals surface area contributed by atoms with Gasteiger partial charge in [-0.1, -0.05) is 28.1 Å². The van der Waals surface area contributed by atoms with Gasteiger partial charge in [-0.3, -0.25) is 0 Å². The molecule has 0 saturated carbocycles. The maximum Gasteiger partial charge on any atom is 0.212 e. The van der Waals surface area contributed by atoms with Gasteiger partial charge in [-0.15, -0.1) is 0 Å². The van der Waals surface area contributed by atoms with Crippen molar-refractivity contribution in [2.45, 2.75) is 0 Å². The molecular weight excluding hydrogens is 209 g/mol. The van der Waals surface area contributed by atoms with Crippen molar-refractivity contribution >= 4 is 22.0 Å². The van der Waals surface area contributed by atoms with Crippen LogP contribution in [-0.4, -0.2) is 10.3 Å². The Morgan fingerprint density at radius 2 is 2.36 bits per heavy atom. The lowest BCUT2D eigenvalue weighted by Crippen LogP contribution is -1.80. The van der Waals surface area contributed by atoms with Gasteiger partial charge in [0.15, 0.2) is 0 Å². The predicted molar refractivity (Wildman–Crippen MR) is 47.0 cm³/mol. The van der Waals surface area contributed by atoms with Gasteiger partial charge < -0.3 is 0 Å². The minimum absolute atomic E-state index is 0.444. The molecule has 11 heavy (non-hydrogen) atoms. The molecule has 3 heteroatoms. The lowest BCUT2D eigenvalue weighted by molar-refractivity contribution is 0.583. The molecule has 0 N–H and O–H groups in total. The Morgan fingerprint density at radius 3 is 2.91 bits per heavy atom. The maximum absolute atomic E-state index is 12.3. The van der Waals surface area contributed by atoms with E-state index in [1.807, 2.05) is 12.2 Å². The van der Waals surface area contributed by atoms with Gasteiger partial charge in [0.1, 0.15) is 0 Å². The van der Waals surface area contributed by atoms with Crippen molar-refractivity contribution in [1.82, 2.24) is 4.98 Å². The number of halogens is 2. The Morgan fingerprint density at radius 1 is 1.55 bits per heavy atom. The SMILES string of the molecule is Fc1ccc(C=CCBr)cn1. The minimum atomic E-state index is -0.444. The average Bonchev–Trinajstić information content (AvgIpc) is 2.04. The number of rotatable bonds is 2. The first-order chi connectivity index (χ1) is 5.33. The highest BCUT2D eigenvalue weighted by Gasteiger charge is 1.88. The fourth-order valence-corrected chi connectivity index (χ4v) is 0.853. The lowest BCUT2D eigenvalue weighted by atomic mass is 10.3. The Labute approximate surface area is 73.1 Å². The van der Waals surface area contributed by atoms with Crippen LogP contribution in [0.1, 0.15) is 5.56 Å². The van der Waals surface area contributed by atoms with E-state index < -0.39 is 5.95 Å². The first kappa shape index (κ1) is 8.40. The van der Waals surface area contributed by atoms with E-state index in [1.54, 1.807) is 6.07 Å². The Hall–Kier alpha value is -0.700. The van der Waals surface area contributed by atoms with Gasteiger partial charge in [-0.05, 0) is 17.7 Å². The molecule has 0 aliphatic heterocycles. The number of hydrogen-bond acceptors (Lipinski definition) is 1. The molecule has 0 spiro atoms. The molecule has 58 valence electrons. The number of pyridine rings is 1. The standard InChI is InChI=1S/C8H7BrFN/c9-5-1-2-7-3-4-8(10)11-6-7/h1-4,6H,5H2. The van der Waals surface area contributed by atoms with Crippen molar-refractivity contribution in [3.8, 4) is 0 Å². The smallest absolute Gasteiger partial charge is 0.212 e. The molecule has 0 aliphatic rings. The molecular formula is C8H7BrFN. The number of allylic oxidation sites excluding steroid dienone is 1. The molecule has 1 rings (SSSR count). The van der Waals surface area contributed by atoms with Crippen LogP contribution in [0.4, 0.5) is 4.39 Å². The highest BCUT2D eigenvalue weighted by Crippen LogP contribution is 2.01. The first-order valence-corrected chi connectivity index (χ1v) is 4.29. The second-order valence-corrected chi connectivity index (χ2v) is 2.62. The van der Waals surface area contributed by atoms with E-state index >= 15 is 0 Å². The highest BCUT2D eigenvalue weighted by atomic mass is 79.9. The molecule has 1 nitrogen and oxygen atoms in total.